The molecule has 0 aromatic heterocycles. The molecule has 0 bridgehead atoms. The smallest absolute Gasteiger partial charge is 0.416 e. The Morgan fingerprint density at radius 3 is 2.57 bits per heavy atom. The first-order chi connectivity index (χ1) is 13.1. The zero-order chi connectivity index (χ0) is 20.7. The molecule has 0 saturated heterocycles. The Morgan fingerprint density at radius 1 is 1.18 bits per heavy atom. The summed E-state index contributed by atoms with van der Waals surface area (Å²) in [6.07, 6.45) is -5.35. The highest BCUT2D eigenvalue weighted by Gasteiger charge is 2.30. The molecule has 0 fully saturated rings. The highest BCUT2D eigenvalue weighted by molar-refractivity contribution is 5.88. The fourth-order valence-electron chi connectivity index (χ4n) is 2.53. The lowest BCUT2D eigenvalue weighted by Gasteiger charge is -2.19. The standard InChI is InChI=1S/C20H23F3N2O3/c1-13(15-5-3-7-17(9-15)25-14(2)26)24-11-18(27)12-28-19-8-4-6-16(10-19)20(21,22)23/h3-10,13,18,24,27H,11-12H2,1-2H3,(H,25,26). The molecule has 0 aliphatic rings. The summed E-state index contributed by atoms with van der Waals surface area (Å²) in [6, 6.07) is 11.7. The molecule has 0 heterocycles. The number of carbonyl (C=O) groups is 1. The maximum absolute atomic E-state index is 12.7. The normalized spacial score (nSPS) is 13.6. The van der Waals surface area contributed by atoms with E-state index >= 15 is 0 Å². The molecule has 0 radical (unpaired) electrons. The van der Waals surface area contributed by atoms with E-state index in [1.807, 2.05) is 25.1 Å². The van der Waals surface area contributed by atoms with Crippen LogP contribution in [0.3, 0.4) is 0 Å². The van der Waals surface area contributed by atoms with Crippen LogP contribution in [0.25, 0.3) is 0 Å². The van der Waals surface area contributed by atoms with Crippen molar-refractivity contribution in [3.63, 3.8) is 0 Å². The van der Waals surface area contributed by atoms with Crippen molar-refractivity contribution in [1.82, 2.24) is 5.32 Å². The Kier molecular flexibility index (Phi) is 7.42. The van der Waals surface area contributed by atoms with Gasteiger partial charge in [-0.1, -0.05) is 18.2 Å². The molecule has 0 spiro atoms. The summed E-state index contributed by atoms with van der Waals surface area (Å²) in [4.78, 5) is 11.1. The van der Waals surface area contributed by atoms with Crippen LogP contribution in [0.15, 0.2) is 48.5 Å². The number of hydrogen-bond acceptors (Lipinski definition) is 4. The number of amides is 1. The third-order valence-corrected chi connectivity index (χ3v) is 3.97. The number of nitrogens with one attached hydrogen (secondary N) is 2. The summed E-state index contributed by atoms with van der Waals surface area (Å²) >= 11 is 0. The van der Waals surface area contributed by atoms with Crippen LogP contribution in [0, 0.1) is 0 Å². The number of halogens is 3. The highest BCUT2D eigenvalue weighted by atomic mass is 19.4. The second kappa shape index (κ2) is 9.57. The molecule has 0 aliphatic carbocycles. The van der Waals surface area contributed by atoms with Crippen LogP contribution >= 0.6 is 0 Å². The van der Waals surface area contributed by atoms with Crippen LogP contribution in [-0.4, -0.2) is 30.3 Å². The van der Waals surface area contributed by atoms with E-state index in [4.69, 9.17) is 4.74 Å². The van der Waals surface area contributed by atoms with Gasteiger partial charge in [-0.2, -0.15) is 13.2 Å². The fourth-order valence-corrected chi connectivity index (χ4v) is 2.53. The number of benzene rings is 2. The largest absolute Gasteiger partial charge is 0.491 e. The number of ether oxygens (including phenoxy) is 1. The van der Waals surface area contributed by atoms with Gasteiger partial charge in [0.2, 0.25) is 5.91 Å². The van der Waals surface area contributed by atoms with Crippen molar-refractivity contribution in [2.24, 2.45) is 0 Å². The number of alkyl halides is 3. The zero-order valence-electron chi connectivity index (χ0n) is 15.6. The minimum Gasteiger partial charge on any atom is -0.491 e. The van der Waals surface area contributed by atoms with Crippen LogP contribution in [0.5, 0.6) is 5.75 Å². The van der Waals surface area contributed by atoms with Gasteiger partial charge in [-0.3, -0.25) is 4.79 Å². The van der Waals surface area contributed by atoms with Gasteiger partial charge in [-0.15, -0.1) is 0 Å². The molecule has 2 rings (SSSR count). The molecule has 0 saturated carbocycles. The van der Waals surface area contributed by atoms with E-state index in [2.05, 4.69) is 10.6 Å². The SMILES string of the molecule is CC(=O)Nc1cccc(C(C)NCC(O)COc2cccc(C(F)(F)F)c2)c1. The maximum Gasteiger partial charge on any atom is 0.416 e. The Labute approximate surface area is 161 Å². The van der Waals surface area contributed by atoms with Crippen LogP contribution in [-0.2, 0) is 11.0 Å². The van der Waals surface area contributed by atoms with E-state index in [9.17, 15) is 23.1 Å². The lowest BCUT2D eigenvalue weighted by molar-refractivity contribution is -0.137. The van der Waals surface area contributed by atoms with Crippen molar-refractivity contribution >= 4 is 11.6 Å². The predicted molar refractivity (Wildman–Crippen MR) is 100 cm³/mol. The van der Waals surface area contributed by atoms with Gasteiger partial charge in [-0.25, -0.2) is 0 Å². The summed E-state index contributed by atoms with van der Waals surface area (Å²) in [7, 11) is 0. The van der Waals surface area contributed by atoms with Gasteiger partial charge in [0.15, 0.2) is 0 Å². The summed E-state index contributed by atoms with van der Waals surface area (Å²) in [5.74, 6) is -0.121. The fraction of sp³-hybridized carbons (Fsp3) is 0.350. The third kappa shape index (κ3) is 6.86. The van der Waals surface area contributed by atoms with Crippen LogP contribution < -0.4 is 15.4 Å². The molecule has 2 atom stereocenters. The Bertz CT molecular complexity index is 796. The van der Waals surface area contributed by atoms with Gasteiger partial charge in [0.05, 0.1) is 5.56 Å². The van der Waals surface area contributed by atoms with Gasteiger partial charge in [0.25, 0.3) is 0 Å². The number of rotatable bonds is 8. The maximum atomic E-state index is 12.7. The van der Waals surface area contributed by atoms with E-state index in [1.54, 1.807) is 6.07 Å². The average molecular weight is 396 g/mol. The summed E-state index contributed by atoms with van der Waals surface area (Å²) in [5, 5.41) is 15.9. The molecule has 1 amide bonds. The number of aliphatic hydroxyl groups is 1. The minimum atomic E-state index is -4.44. The molecular formula is C20H23F3N2O3. The van der Waals surface area contributed by atoms with Crippen LogP contribution in [0.2, 0.25) is 0 Å². The number of aliphatic hydroxyl groups excluding tert-OH is 1. The van der Waals surface area contributed by atoms with Crippen molar-refractivity contribution in [3.05, 3.63) is 59.7 Å². The third-order valence-electron chi connectivity index (χ3n) is 3.97. The molecule has 5 nitrogen and oxygen atoms in total. The predicted octanol–water partition coefficient (Wildman–Crippen LogP) is 3.75. The first kappa shape index (κ1) is 21.7. The van der Waals surface area contributed by atoms with E-state index < -0.39 is 17.8 Å². The first-order valence-electron chi connectivity index (χ1n) is 8.74. The summed E-state index contributed by atoms with van der Waals surface area (Å²) in [6.45, 7) is 3.36. The average Bonchev–Trinajstić information content (AvgIpc) is 2.63. The number of hydrogen-bond donors (Lipinski definition) is 3. The second-order valence-electron chi connectivity index (χ2n) is 6.43. The zero-order valence-corrected chi connectivity index (χ0v) is 15.6. The van der Waals surface area contributed by atoms with Crippen LogP contribution in [0.1, 0.15) is 31.0 Å². The molecule has 0 aliphatic heterocycles. The van der Waals surface area contributed by atoms with Gasteiger partial charge in [0.1, 0.15) is 18.5 Å². The molecule has 2 unspecified atom stereocenters. The molecule has 152 valence electrons. The monoisotopic (exact) mass is 396 g/mol. The van der Waals surface area contributed by atoms with Gasteiger partial charge in [0, 0.05) is 25.2 Å². The van der Waals surface area contributed by atoms with E-state index in [0.29, 0.717) is 5.69 Å². The van der Waals surface area contributed by atoms with E-state index in [1.165, 1.54) is 19.1 Å². The molecule has 3 N–H and O–H groups in total. The molecule has 2 aromatic rings. The summed E-state index contributed by atoms with van der Waals surface area (Å²) in [5.41, 5.74) is 0.787. The van der Waals surface area contributed by atoms with Crippen molar-refractivity contribution < 1.29 is 27.8 Å². The number of carbonyl (C=O) groups excluding carboxylic acids is 1. The van der Waals surface area contributed by atoms with Gasteiger partial charge < -0.3 is 20.5 Å². The van der Waals surface area contributed by atoms with Crippen molar-refractivity contribution in [3.8, 4) is 5.75 Å². The Balaban J connectivity index is 1.84. The summed E-state index contributed by atoms with van der Waals surface area (Å²) < 4.78 is 43.4. The van der Waals surface area contributed by atoms with E-state index in [0.717, 1.165) is 17.7 Å². The first-order valence-corrected chi connectivity index (χ1v) is 8.74. The Hall–Kier alpha value is -2.58. The second-order valence-corrected chi connectivity index (χ2v) is 6.43. The topological polar surface area (TPSA) is 70.6 Å². The molecule has 28 heavy (non-hydrogen) atoms. The minimum absolute atomic E-state index is 0.0462. The highest BCUT2D eigenvalue weighted by Crippen LogP contribution is 2.31. The van der Waals surface area contributed by atoms with E-state index in [-0.39, 0.29) is 30.9 Å². The van der Waals surface area contributed by atoms with Crippen molar-refractivity contribution in [2.45, 2.75) is 32.2 Å². The quantitative estimate of drug-likeness (QED) is 0.636. The lowest BCUT2D eigenvalue weighted by Crippen LogP contribution is -2.33. The van der Waals surface area contributed by atoms with Crippen LogP contribution in [0.4, 0.5) is 18.9 Å². The Morgan fingerprint density at radius 2 is 1.89 bits per heavy atom. The van der Waals surface area contributed by atoms with Crippen molar-refractivity contribution in [2.75, 3.05) is 18.5 Å². The van der Waals surface area contributed by atoms with Gasteiger partial charge in [-0.05, 0) is 42.8 Å². The molecule has 2 aromatic carbocycles. The molecular weight excluding hydrogens is 373 g/mol. The lowest BCUT2D eigenvalue weighted by atomic mass is 10.1. The van der Waals surface area contributed by atoms with Crippen molar-refractivity contribution in [1.29, 1.82) is 0 Å². The van der Waals surface area contributed by atoms with Gasteiger partial charge >= 0.3 is 6.18 Å². The number of anilines is 1. The molecule has 8 heteroatoms.